The van der Waals surface area contributed by atoms with Gasteiger partial charge in [0.25, 0.3) is 0 Å². The summed E-state index contributed by atoms with van der Waals surface area (Å²) in [5.74, 6) is -0.106. The van der Waals surface area contributed by atoms with Crippen LogP contribution in [0.4, 0.5) is 5.95 Å². The van der Waals surface area contributed by atoms with Gasteiger partial charge in [-0.3, -0.25) is 0 Å². The minimum Gasteiger partial charge on any atom is -0.456 e. The number of carbonyl (C=O) groups is 1. The molecule has 90 valence electrons. The molecule has 0 unspecified atom stereocenters. The second-order valence-corrected chi connectivity index (χ2v) is 4.83. The number of fused-ring (bicyclic) bond motifs is 1. The highest BCUT2D eigenvalue weighted by molar-refractivity contribution is 6.02. The maximum Gasteiger partial charge on any atom is 0.340 e. The van der Waals surface area contributed by atoms with Gasteiger partial charge in [0, 0.05) is 0 Å². The summed E-state index contributed by atoms with van der Waals surface area (Å²) in [4.78, 5) is 18.9. The molecule has 1 heterocycles. The second-order valence-electron chi connectivity index (χ2n) is 4.83. The van der Waals surface area contributed by atoms with E-state index in [2.05, 4.69) is 9.97 Å². The Labute approximate surface area is 99.0 Å². The highest BCUT2D eigenvalue weighted by Gasteiger charge is 2.20. The van der Waals surface area contributed by atoms with Gasteiger partial charge < -0.3 is 15.5 Å². The van der Waals surface area contributed by atoms with Crippen LogP contribution in [-0.2, 0) is 4.74 Å². The first-order valence-electron chi connectivity index (χ1n) is 5.34. The third-order valence-electron chi connectivity index (χ3n) is 2.15. The molecule has 5 heteroatoms. The van der Waals surface area contributed by atoms with Crippen LogP contribution in [0.3, 0.4) is 0 Å². The fourth-order valence-corrected chi connectivity index (χ4v) is 1.55. The minimum absolute atomic E-state index is 0.288. The van der Waals surface area contributed by atoms with Crippen molar-refractivity contribution < 1.29 is 9.53 Å². The number of para-hydroxylation sites is 1. The number of aromatic nitrogens is 2. The van der Waals surface area contributed by atoms with Crippen LogP contribution in [-0.4, -0.2) is 21.5 Å². The molecule has 1 aromatic heterocycles. The molecule has 0 saturated carbocycles. The molecule has 0 amide bonds. The molecule has 0 radical (unpaired) electrons. The number of H-pyrrole nitrogens is 1. The lowest BCUT2D eigenvalue weighted by Crippen LogP contribution is -2.24. The number of esters is 1. The van der Waals surface area contributed by atoms with Crippen molar-refractivity contribution in [2.45, 2.75) is 26.4 Å². The Morgan fingerprint density at radius 2 is 2.12 bits per heavy atom. The Kier molecular flexibility index (Phi) is 2.53. The first-order valence-corrected chi connectivity index (χ1v) is 5.34. The lowest BCUT2D eigenvalue weighted by molar-refractivity contribution is 0.00717. The van der Waals surface area contributed by atoms with Gasteiger partial charge in [0.15, 0.2) is 5.95 Å². The van der Waals surface area contributed by atoms with Crippen LogP contribution in [0, 0.1) is 0 Å². The largest absolute Gasteiger partial charge is 0.456 e. The van der Waals surface area contributed by atoms with Crippen molar-refractivity contribution in [2.75, 3.05) is 5.73 Å². The third kappa shape index (κ3) is 2.38. The van der Waals surface area contributed by atoms with E-state index in [4.69, 9.17) is 10.5 Å². The normalized spacial score (nSPS) is 11.7. The molecule has 2 rings (SSSR count). The number of hydrogen-bond donors (Lipinski definition) is 2. The molecule has 0 spiro atoms. The van der Waals surface area contributed by atoms with Crippen molar-refractivity contribution in [1.29, 1.82) is 0 Å². The molecular formula is C12H15N3O2. The molecule has 1 aromatic carbocycles. The fourth-order valence-electron chi connectivity index (χ4n) is 1.55. The van der Waals surface area contributed by atoms with Gasteiger partial charge in [-0.25, -0.2) is 9.78 Å². The minimum atomic E-state index is -0.527. The number of benzene rings is 1. The summed E-state index contributed by atoms with van der Waals surface area (Å²) in [6.07, 6.45) is 0. The summed E-state index contributed by atoms with van der Waals surface area (Å²) in [6, 6.07) is 5.25. The molecule has 5 nitrogen and oxygen atoms in total. The third-order valence-corrected chi connectivity index (χ3v) is 2.15. The first-order chi connectivity index (χ1) is 7.87. The summed E-state index contributed by atoms with van der Waals surface area (Å²) in [7, 11) is 0. The number of nitrogen functional groups attached to an aromatic ring is 1. The van der Waals surface area contributed by atoms with E-state index >= 15 is 0 Å². The quantitative estimate of drug-likeness (QED) is 0.739. The maximum atomic E-state index is 12.0. The van der Waals surface area contributed by atoms with Crippen LogP contribution in [0.25, 0.3) is 11.0 Å². The lowest BCUT2D eigenvalue weighted by Gasteiger charge is -2.19. The van der Waals surface area contributed by atoms with Crippen molar-refractivity contribution in [1.82, 2.24) is 9.97 Å². The van der Waals surface area contributed by atoms with Crippen molar-refractivity contribution in [3.63, 3.8) is 0 Å². The highest BCUT2D eigenvalue weighted by Crippen LogP contribution is 2.20. The first kappa shape index (κ1) is 11.4. The number of nitrogens with zero attached hydrogens (tertiary/aromatic N) is 1. The second kappa shape index (κ2) is 3.76. The number of imidazole rings is 1. The fraction of sp³-hybridized carbons (Fsp3) is 0.333. The van der Waals surface area contributed by atoms with E-state index in [1.807, 2.05) is 26.8 Å². The predicted octanol–water partition coefficient (Wildman–Crippen LogP) is 2.10. The SMILES string of the molecule is CC(C)(C)OC(=O)c1cccc2[nH]c(N)nc12. The number of nitrogens with one attached hydrogen (secondary N) is 1. The monoisotopic (exact) mass is 233 g/mol. The van der Waals surface area contributed by atoms with Gasteiger partial charge in [0.2, 0.25) is 0 Å². The standard InChI is InChI=1S/C12H15N3O2/c1-12(2,3)17-10(16)7-5-4-6-8-9(7)15-11(13)14-8/h4-6H,1-3H3,(H3,13,14,15). The van der Waals surface area contributed by atoms with Crippen LogP contribution in [0.2, 0.25) is 0 Å². The predicted molar refractivity (Wildman–Crippen MR) is 65.7 cm³/mol. The van der Waals surface area contributed by atoms with E-state index in [-0.39, 0.29) is 5.95 Å². The number of hydrogen-bond acceptors (Lipinski definition) is 4. The zero-order valence-electron chi connectivity index (χ0n) is 10.1. The van der Waals surface area contributed by atoms with Gasteiger partial charge in [-0.1, -0.05) is 6.07 Å². The van der Waals surface area contributed by atoms with Crippen LogP contribution < -0.4 is 5.73 Å². The molecule has 0 fully saturated rings. The number of aromatic amines is 1. The Morgan fingerprint density at radius 1 is 1.41 bits per heavy atom. The van der Waals surface area contributed by atoms with Crippen LogP contribution in [0.15, 0.2) is 18.2 Å². The van der Waals surface area contributed by atoms with Crippen molar-refractivity contribution in [2.24, 2.45) is 0 Å². The Balaban J connectivity index is 2.45. The Bertz CT molecular complexity index is 567. The summed E-state index contributed by atoms with van der Waals surface area (Å²) in [6.45, 7) is 5.47. The van der Waals surface area contributed by atoms with Gasteiger partial charge in [-0.05, 0) is 32.9 Å². The molecule has 17 heavy (non-hydrogen) atoms. The van der Waals surface area contributed by atoms with Crippen LogP contribution in [0.1, 0.15) is 31.1 Å². The smallest absolute Gasteiger partial charge is 0.340 e. The number of rotatable bonds is 1. The maximum absolute atomic E-state index is 12.0. The molecule has 0 aliphatic heterocycles. The highest BCUT2D eigenvalue weighted by atomic mass is 16.6. The molecule has 0 bridgehead atoms. The van der Waals surface area contributed by atoms with Crippen molar-refractivity contribution >= 4 is 23.0 Å². The van der Waals surface area contributed by atoms with Crippen molar-refractivity contribution in [3.8, 4) is 0 Å². The van der Waals surface area contributed by atoms with Gasteiger partial charge in [-0.2, -0.15) is 0 Å². The molecular weight excluding hydrogens is 218 g/mol. The summed E-state index contributed by atoms with van der Waals surface area (Å²) < 4.78 is 5.31. The average Bonchev–Trinajstić information content (AvgIpc) is 2.54. The zero-order chi connectivity index (χ0) is 12.6. The summed E-state index contributed by atoms with van der Waals surface area (Å²) in [5, 5.41) is 0. The molecule has 0 saturated heterocycles. The molecule has 0 aliphatic rings. The molecule has 2 aromatic rings. The van der Waals surface area contributed by atoms with Gasteiger partial charge >= 0.3 is 5.97 Å². The average molecular weight is 233 g/mol. The van der Waals surface area contributed by atoms with E-state index in [0.717, 1.165) is 5.52 Å². The van der Waals surface area contributed by atoms with E-state index < -0.39 is 11.6 Å². The molecule has 3 N–H and O–H groups in total. The van der Waals surface area contributed by atoms with Gasteiger partial charge in [0.1, 0.15) is 11.1 Å². The van der Waals surface area contributed by atoms with E-state index in [1.165, 1.54) is 0 Å². The van der Waals surface area contributed by atoms with E-state index in [1.54, 1.807) is 12.1 Å². The van der Waals surface area contributed by atoms with E-state index in [9.17, 15) is 4.79 Å². The van der Waals surface area contributed by atoms with Crippen LogP contribution >= 0.6 is 0 Å². The molecule has 0 aliphatic carbocycles. The molecule has 0 atom stereocenters. The number of carbonyl (C=O) groups excluding carboxylic acids is 1. The lowest BCUT2D eigenvalue weighted by atomic mass is 10.1. The topological polar surface area (TPSA) is 81.0 Å². The summed E-state index contributed by atoms with van der Waals surface area (Å²) >= 11 is 0. The zero-order valence-corrected chi connectivity index (χ0v) is 10.1. The van der Waals surface area contributed by atoms with Gasteiger partial charge in [0.05, 0.1) is 11.1 Å². The number of nitrogens with two attached hydrogens (primary N) is 1. The Morgan fingerprint density at radius 3 is 2.76 bits per heavy atom. The Hall–Kier alpha value is -2.04. The van der Waals surface area contributed by atoms with Crippen molar-refractivity contribution in [3.05, 3.63) is 23.8 Å². The van der Waals surface area contributed by atoms with Gasteiger partial charge in [-0.15, -0.1) is 0 Å². The van der Waals surface area contributed by atoms with Crippen LogP contribution in [0.5, 0.6) is 0 Å². The van der Waals surface area contributed by atoms with E-state index in [0.29, 0.717) is 11.1 Å². The number of anilines is 1. The number of ether oxygens (including phenoxy) is 1. The summed E-state index contributed by atoms with van der Waals surface area (Å²) in [5.41, 5.74) is 6.73.